The number of carbonyl (C=O) groups excluding carboxylic acids is 1. The van der Waals surface area contributed by atoms with Crippen molar-refractivity contribution in [2.24, 2.45) is 5.73 Å². The molecule has 0 fully saturated rings. The van der Waals surface area contributed by atoms with Gasteiger partial charge in [-0.25, -0.2) is 0 Å². The van der Waals surface area contributed by atoms with Gasteiger partial charge in [-0.2, -0.15) is 11.3 Å². The van der Waals surface area contributed by atoms with Gasteiger partial charge in [0.05, 0.1) is 12.1 Å². The lowest BCUT2D eigenvalue weighted by Crippen LogP contribution is -2.44. The van der Waals surface area contributed by atoms with Crippen molar-refractivity contribution in [3.05, 3.63) is 57.3 Å². The summed E-state index contributed by atoms with van der Waals surface area (Å²) in [7, 11) is 0. The quantitative estimate of drug-likeness (QED) is 0.725. The maximum atomic E-state index is 12.0. The highest BCUT2D eigenvalue weighted by Gasteiger charge is 2.16. The molecular weight excluding hydrogens is 308 g/mol. The summed E-state index contributed by atoms with van der Waals surface area (Å²) in [6, 6.07) is 7.53. The number of hydrogen-bond acceptors (Lipinski definition) is 4. The number of nitrogens with two attached hydrogens (primary N) is 1. The Labute approximate surface area is 141 Å². The van der Waals surface area contributed by atoms with Crippen LogP contribution in [0.2, 0.25) is 0 Å². The predicted molar refractivity (Wildman–Crippen MR) is 94.6 cm³/mol. The molecule has 4 nitrogen and oxygen atoms in total. The van der Waals surface area contributed by atoms with E-state index in [4.69, 9.17) is 5.73 Å². The Hall–Kier alpha value is -1.69. The van der Waals surface area contributed by atoms with Crippen LogP contribution in [0.25, 0.3) is 0 Å². The van der Waals surface area contributed by atoms with Crippen LogP contribution in [0.3, 0.4) is 0 Å². The van der Waals surface area contributed by atoms with E-state index in [9.17, 15) is 9.90 Å². The second kappa shape index (κ2) is 8.24. The molecule has 0 radical (unpaired) electrons. The number of thiophene rings is 1. The van der Waals surface area contributed by atoms with Gasteiger partial charge in [0.1, 0.15) is 0 Å². The second-order valence-corrected chi connectivity index (χ2v) is 6.76. The number of benzene rings is 1. The van der Waals surface area contributed by atoms with Gasteiger partial charge in [0.25, 0.3) is 0 Å². The van der Waals surface area contributed by atoms with Crippen LogP contribution in [0.5, 0.6) is 0 Å². The van der Waals surface area contributed by atoms with Gasteiger partial charge in [-0.05, 0) is 53.8 Å². The third-order valence-electron chi connectivity index (χ3n) is 3.84. The molecule has 2 rings (SSSR count). The highest BCUT2D eigenvalue weighted by molar-refractivity contribution is 7.07. The Balaban J connectivity index is 1.79. The molecule has 5 heteroatoms. The van der Waals surface area contributed by atoms with E-state index in [0.717, 1.165) is 16.7 Å². The highest BCUT2D eigenvalue weighted by Crippen LogP contribution is 2.12. The molecule has 0 saturated carbocycles. The molecule has 2 atom stereocenters. The molecule has 1 aromatic carbocycles. The third kappa shape index (κ3) is 5.46. The zero-order valence-electron chi connectivity index (χ0n) is 13.6. The van der Waals surface area contributed by atoms with Crippen molar-refractivity contribution in [1.82, 2.24) is 5.32 Å². The molecule has 2 aromatic rings. The van der Waals surface area contributed by atoms with E-state index in [1.807, 2.05) is 42.8 Å². The fraction of sp³-hybridized carbons (Fsp3) is 0.389. The van der Waals surface area contributed by atoms with Crippen molar-refractivity contribution in [3.8, 4) is 0 Å². The minimum absolute atomic E-state index is 0.212. The van der Waals surface area contributed by atoms with Gasteiger partial charge >= 0.3 is 0 Å². The zero-order valence-corrected chi connectivity index (χ0v) is 14.4. The first-order valence-corrected chi connectivity index (χ1v) is 8.68. The normalized spacial score (nSPS) is 13.6. The molecule has 0 bridgehead atoms. The van der Waals surface area contributed by atoms with E-state index in [0.29, 0.717) is 12.8 Å². The molecule has 4 N–H and O–H groups in total. The third-order valence-corrected chi connectivity index (χ3v) is 4.57. The minimum Gasteiger partial charge on any atom is -0.391 e. The van der Waals surface area contributed by atoms with Crippen molar-refractivity contribution in [2.45, 2.75) is 38.8 Å². The van der Waals surface area contributed by atoms with Gasteiger partial charge in [-0.1, -0.05) is 23.8 Å². The maximum absolute atomic E-state index is 12.0. The number of amides is 1. The average Bonchev–Trinajstić information content (AvgIpc) is 3.00. The molecule has 124 valence electrons. The Bertz CT molecular complexity index is 640. The van der Waals surface area contributed by atoms with Crippen LogP contribution in [-0.4, -0.2) is 29.7 Å². The van der Waals surface area contributed by atoms with Gasteiger partial charge in [-0.3, -0.25) is 4.79 Å². The Morgan fingerprint density at radius 2 is 2.09 bits per heavy atom. The number of aryl methyl sites for hydroxylation is 2. The van der Waals surface area contributed by atoms with Crippen LogP contribution in [0.4, 0.5) is 0 Å². The van der Waals surface area contributed by atoms with Crippen molar-refractivity contribution in [3.63, 3.8) is 0 Å². The van der Waals surface area contributed by atoms with E-state index in [1.54, 1.807) is 11.3 Å². The minimum atomic E-state index is -0.617. The standard InChI is InChI=1S/C18H24N2O2S/c1-12-3-4-15(13(2)7-12)9-16(21)10-20-18(22)17(19)8-14-5-6-23-11-14/h3-7,11,16-17,21H,8-10,19H2,1-2H3,(H,20,22). The van der Waals surface area contributed by atoms with Gasteiger partial charge in [0, 0.05) is 13.0 Å². The largest absolute Gasteiger partial charge is 0.391 e. The zero-order chi connectivity index (χ0) is 16.8. The Morgan fingerprint density at radius 1 is 1.30 bits per heavy atom. The predicted octanol–water partition coefficient (Wildman–Crippen LogP) is 1.95. The first-order valence-electron chi connectivity index (χ1n) is 7.74. The molecule has 23 heavy (non-hydrogen) atoms. The topological polar surface area (TPSA) is 75.3 Å². The molecule has 0 saturated heterocycles. The number of carbonyl (C=O) groups is 1. The fourth-order valence-electron chi connectivity index (χ4n) is 2.51. The molecule has 0 aliphatic carbocycles. The number of rotatable bonds is 7. The number of hydrogen-bond donors (Lipinski definition) is 3. The Morgan fingerprint density at radius 3 is 2.74 bits per heavy atom. The van der Waals surface area contributed by atoms with Crippen molar-refractivity contribution < 1.29 is 9.90 Å². The van der Waals surface area contributed by atoms with Crippen LogP contribution >= 0.6 is 11.3 Å². The van der Waals surface area contributed by atoms with Crippen molar-refractivity contribution >= 4 is 17.2 Å². The molecule has 2 unspecified atom stereocenters. The maximum Gasteiger partial charge on any atom is 0.237 e. The fourth-order valence-corrected chi connectivity index (χ4v) is 3.19. The lowest BCUT2D eigenvalue weighted by atomic mass is 10.0. The first-order chi connectivity index (χ1) is 11.0. The van der Waals surface area contributed by atoms with E-state index >= 15 is 0 Å². The van der Waals surface area contributed by atoms with E-state index in [2.05, 4.69) is 11.4 Å². The lowest BCUT2D eigenvalue weighted by Gasteiger charge is -2.16. The van der Waals surface area contributed by atoms with Crippen LogP contribution < -0.4 is 11.1 Å². The molecule has 1 aromatic heterocycles. The smallest absolute Gasteiger partial charge is 0.237 e. The molecule has 1 amide bonds. The van der Waals surface area contributed by atoms with Gasteiger partial charge in [0.2, 0.25) is 5.91 Å². The van der Waals surface area contributed by atoms with E-state index < -0.39 is 12.1 Å². The highest BCUT2D eigenvalue weighted by atomic mass is 32.1. The lowest BCUT2D eigenvalue weighted by molar-refractivity contribution is -0.122. The summed E-state index contributed by atoms with van der Waals surface area (Å²) >= 11 is 1.59. The molecule has 0 aliphatic heterocycles. The molecule has 1 heterocycles. The summed E-state index contributed by atoms with van der Waals surface area (Å²) in [6.45, 7) is 4.29. The molecule has 0 spiro atoms. The summed E-state index contributed by atoms with van der Waals surface area (Å²) in [5.74, 6) is -0.226. The summed E-state index contributed by atoms with van der Waals surface area (Å²) < 4.78 is 0. The van der Waals surface area contributed by atoms with Crippen molar-refractivity contribution in [1.29, 1.82) is 0 Å². The molecule has 0 aliphatic rings. The SMILES string of the molecule is Cc1ccc(CC(O)CNC(=O)C(N)Cc2ccsc2)c(C)c1. The van der Waals surface area contributed by atoms with Crippen molar-refractivity contribution in [2.75, 3.05) is 6.54 Å². The van der Waals surface area contributed by atoms with E-state index in [1.165, 1.54) is 5.56 Å². The van der Waals surface area contributed by atoms with Gasteiger partial charge in [-0.15, -0.1) is 0 Å². The summed E-state index contributed by atoms with van der Waals surface area (Å²) in [5.41, 5.74) is 10.4. The number of aliphatic hydroxyl groups is 1. The monoisotopic (exact) mass is 332 g/mol. The average molecular weight is 332 g/mol. The number of aliphatic hydroxyl groups excluding tert-OH is 1. The summed E-state index contributed by atoms with van der Waals surface area (Å²) in [6.07, 6.45) is 0.419. The van der Waals surface area contributed by atoms with Gasteiger partial charge < -0.3 is 16.2 Å². The van der Waals surface area contributed by atoms with E-state index in [-0.39, 0.29) is 12.5 Å². The van der Waals surface area contributed by atoms with Crippen LogP contribution in [0.1, 0.15) is 22.3 Å². The molecular formula is C18H24N2O2S. The first kappa shape index (κ1) is 17.7. The number of nitrogens with one attached hydrogen (secondary N) is 1. The second-order valence-electron chi connectivity index (χ2n) is 5.98. The van der Waals surface area contributed by atoms with Crippen LogP contribution in [0, 0.1) is 13.8 Å². The van der Waals surface area contributed by atoms with Crippen LogP contribution in [0.15, 0.2) is 35.0 Å². The van der Waals surface area contributed by atoms with Crippen LogP contribution in [-0.2, 0) is 17.6 Å². The summed E-state index contributed by atoms with van der Waals surface area (Å²) in [4.78, 5) is 12.0. The summed E-state index contributed by atoms with van der Waals surface area (Å²) in [5, 5.41) is 16.8. The van der Waals surface area contributed by atoms with Gasteiger partial charge in [0.15, 0.2) is 0 Å². The Kier molecular flexibility index (Phi) is 6.33.